The number of rotatable bonds is 6. The molecule has 1 aromatic carbocycles. The fraction of sp³-hybridized carbons (Fsp3) is 0.385. The van der Waals surface area contributed by atoms with E-state index in [1.54, 1.807) is 0 Å². The molecule has 98 valence electrons. The second-order valence-electron chi connectivity index (χ2n) is 3.70. The van der Waals surface area contributed by atoms with Crippen LogP contribution in [0.3, 0.4) is 0 Å². The van der Waals surface area contributed by atoms with E-state index in [0.717, 1.165) is 0 Å². The minimum atomic E-state index is -0.511. The highest BCUT2D eigenvalue weighted by atomic mass is 19.1. The van der Waals surface area contributed by atoms with Gasteiger partial charge in [-0.05, 0) is 24.6 Å². The maximum absolute atomic E-state index is 13.1. The summed E-state index contributed by atoms with van der Waals surface area (Å²) in [6.07, 6.45) is 0.815. The second-order valence-corrected chi connectivity index (χ2v) is 3.70. The van der Waals surface area contributed by atoms with E-state index in [2.05, 4.69) is 4.74 Å². The van der Waals surface area contributed by atoms with Crippen LogP contribution < -0.4 is 4.74 Å². The van der Waals surface area contributed by atoms with Crippen LogP contribution in [0, 0.1) is 5.82 Å². The van der Waals surface area contributed by atoms with Gasteiger partial charge in [0.05, 0.1) is 14.2 Å². The normalized spacial score (nSPS) is 9.94. The Hall–Kier alpha value is -1.91. The number of carbonyl (C=O) groups excluding carboxylic acids is 2. The Morgan fingerprint density at radius 3 is 2.56 bits per heavy atom. The summed E-state index contributed by atoms with van der Waals surface area (Å²) in [6, 6.07) is 3.94. The molecule has 0 spiro atoms. The van der Waals surface area contributed by atoms with Crippen molar-refractivity contribution in [3.05, 3.63) is 29.6 Å². The van der Waals surface area contributed by atoms with Crippen LogP contribution in [0.15, 0.2) is 18.2 Å². The Morgan fingerprint density at radius 1 is 1.22 bits per heavy atom. The number of hydrogen-bond acceptors (Lipinski definition) is 4. The zero-order valence-corrected chi connectivity index (χ0v) is 10.4. The van der Waals surface area contributed by atoms with Crippen molar-refractivity contribution < 1.29 is 23.5 Å². The van der Waals surface area contributed by atoms with Crippen LogP contribution >= 0.6 is 0 Å². The van der Waals surface area contributed by atoms with Gasteiger partial charge in [-0.1, -0.05) is 0 Å². The van der Waals surface area contributed by atoms with Crippen molar-refractivity contribution in [2.75, 3.05) is 14.2 Å². The molecule has 5 heteroatoms. The number of benzene rings is 1. The molecule has 0 aromatic heterocycles. The molecule has 0 saturated heterocycles. The van der Waals surface area contributed by atoms with Crippen LogP contribution in [-0.4, -0.2) is 26.0 Å². The minimum absolute atomic E-state index is 0.0359. The molecule has 18 heavy (non-hydrogen) atoms. The summed E-state index contributed by atoms with van der Waals surface area (Å²) in [7, 11) is 2.64. The quantitative estimate of drug-likeness (QED) is 0.577. The lowest BCUT2D eigenvalue weighted by molar-refractivity contribution is -0.140. The van der Waals surface area contributed by atoms with Gasteiger partial charge in [-0.15, -0.1) is 0 Å². The molecule has 0 atom stereocenters. The number of esters is 1. The van der Waals surface area contributed by atoms with Crippen molar-refractivity contribution in [1.29, 1.82) is 0 Å². The van der Waals surface area contributed by atoms with Crippen molar-refractivity contribution in [3.63, 3.8) is 0 Å². The lowest BCUT2D eigenvalue weighted by Crippen LogP contribution is -2.04. The van der Waals surface area contributed by atoms with Gasteiger partial charge in [-0.3, -0.25) is 9.59 Å². The van der Waals surface area contributed by atoms with E-state index in [1.165, 1.54) is 32.4 Å². The monoisotopic (exact) mass is 254 g/mol. The molecule has 0 aliphatic heterocycles. The van der Waals surface area contributed by atoms with Gasteiger partial charge in [0.2, 0.25) is 0 Å². The maximum Gasteiger partial charge on any atom is 0.305 e. The summed E-state index contributed by atoms with van der Waals surface area (Å²) < 4.78 is 22.4. The average molecular weight is 254 g/mol. The van der Waals surface area contributed by atoms with Crippen LogP contribution in [0.25, 0.3) is 0 Å². The highest BCUT2D eigenvalue weighted by molar-refractivity contribution is 5.96. The van der Waals surface area contributed by atoms with Crippen molar-refractivity contribution in [3.8, 4) is 5.75 Å². The molecule has 0 N–H and O–H groups in total. The van der Waals surface area contributed by atoms with E-state index in [4.69, 9.17) is 4.74 Å². The number of ether oxygens (including phenoxy) is 2. The molecule has 0 aliphatic rings. The van der Waals surface area contributed by atoms with Gasteiger partial charge in [-0.25, -0.2) is 4.39 Å². The van der Waals surface area contributed by atoms with Crippen LogP contribution in [0.1, 0.15) is 29.6 Å². The SMILES string of the molecule is COC(=O)CCCC(=O)c1ccc(F)c(OC)c1. The van der Waals surface area contributed by atoms with Crippen LogP contribution in [0.4, 0.5) is 4.39 Å². The zero-order chi connectivity index (χ0) is 13.5. The second kappa shape index (κ2) is 6.74. The number of ketones is 1. The van der Waals surface area contributed by atoms with Gasteiger partial charge in [0.15, 0.2) is 17.3 Å². The molecule has 0 saturated carbocycles. The van der Waals surface area contributed by atoms with Gasteiger partial charge in [-0.2, -0.15) is 0 Å². The van der Waals surface area contributed by atoms with E-state index in [-0.39, 0.29) is 30.3 Å². The molecule has 4 nitrogen and oxygen atoms in total. The molecule has 0 fully saturated rings. The molecular weight excluding hydrogens is 239 g/mol. The Bertz CT molecular complexity index is 443. The summed E-state index contributed by atoms with van der Waals surface area (Å²) >= 11 is 0. The van der Waals surface area contributed by atoms with Crippen LogP contribution in [-0.2, 0) is 9.53 Å². The maximum atomic E-state index is 13.1. The van der Waals surface area contributed by atoms with Gasteiger partial charge < -0.3 is 9.47 Å². The van der Waals surface area contributed by atoms with Gasteiger partial charge in [0.25, 0.3) is 0 Å². The van der Waals surface area contributed by atoms with Crippen molar-refractivity contribution in [2.45, 2.75) is 19.3 Å². The number of halogens is 1. The summed E-state index contributed by atoms with van der Waals surface area (Å²) in [5.41, 5.74) is 0.373. The predicted molar refractivity (Wildman–Crippen MR) is 63.1 cm³/mol. The highest BCUT2D eigenvalue weighted by Crippen LogP contribution is 2.19. The number of carbonyl (C=O) groups is 2. The van der Waals surface area contributed by atoms with E-state index >= 15 is 0 Å². The number of hydrogen-bond donors (Lipinski definition) is 0. The van der Waals surface area contributed by atoms with E-state index in [1.807, 2.05) is 0 Å². The average Bonchev–Trinajstić information content (AvgIpc) is 2.38. The van der Waals surface area contributed by atoms with Crippen molar-refractivity contribution in [1.82, 2.24) is 0 Å². The first-order valence-corrected chi connectivity index (χ1v) is 5.52. The number of methoxy groups -OCH3 is 2. The van der Waals surface area contributed by atoms with Crippen LogP contribution in [0.5, 0.6) is 5.75 Å². The smallest absolute Gasteiger partial charge is 0.305 e. The van der Waals surface area contributed by atoms with E-state index in [9.17, 15) is 14.0 Å². The Labute approximate surface area is 105 Å². The molecule has 0 unspecified atom stereocenters. The summed E-state index contributed by atoms with van der Waals surface area (Å²) in [5, 5.41) is 0. The summed E-state index contributed by atoms with van der Waals surface area (Å²) in [4.78, 5) is 22.6. The van der Waals surface area contributed by atoms with Crippen LogP contribution in [0.2, 0.25) is 0 Å². The summed E-state index contributed by atoms with van der Waals surface area (Å²) in [5.74, 6) is -0.978. The fourth-order valence-corrected chi connectivity index (χ4v) is 1.47. The lowest BCUT2D eigenvalue weighted by Gasteiger charge is -2.05. The van der Waals surface area contributed by atoms with E-state index in [0.29, 0.717) is 12.0 Å². The topological polar surface area (TPSA) is 52.6 Å². The number of Topliss-reactive ketones (excluding diaryl/α,β-unsaturated/α-hetero) is 1. The molecule has 1 rings (SSSR count). The third-order valence-electron chi connectivity index (χ3n) is 2.49. The molecular formula is C13H15FO4. The van der Waals surface area contributed by atoms with Crippen molar-refractivity contribution in [2.24, 2.45) is 0 Å². The van der Waals surface area contributed by atoms with Crippen molar-refractivity contribution >= 4 is 11.8 Å². The standard InChI is InChI=1S/C13H15FO4/c1-17-12-8-9(6-7-10(12)14)11(15)4-3-5-13(16)18-2/h6-8H,3-5H2,1-2H3. The highest BCUT2D eigenvalue weighted by Gasteiger charge is 2.11. The molecule has 0 amide bonds. The van der Waals surface area contributed by atoms with Gasteiger partial charge in [0, 0.05) is 18.4 Å². The molecule has 0 bridgehead atoms. The molecule has 0 aliphatic carbocycles. The predicted octanol–water partition coefficient (Wildman–Crippen LogP) is 2.36. The minimum Gasteiger partial charge on any atom is -0.494 e. The summed E-state index contributed by atoms with van der Waals surface area (Å²) in [6.45, 7) is 0. The Kier molecular flexibility index (Phi) is 5.30. The van der Waals surface area contributed by atoms with Gasteiger partial charge >= 0.3 is 5.97 Å². The van der Waals surface area contributed by atoms with Gasteiger partial charge in [0.1, 0.15) is 0 Å². The largest absolute Gasteiger partial charge is 0.494 e. The fourth-order valence-electron chi connectivity index (χ4n) is 1.47. The Balaban J connectivity index is 2.59. The third kappa shape index (κ3) is 3.84. The first-order valence-electron chi connectivity index (χ1n) is 5.52. The first-order chi connectivity index (χ1) is 8.58. The Morgan fingerprint density at radius 2 is 1.94 bits per heavy atom. The molecule has 1 aromatic rings. The van der Waals surface area contributed by atoms with E-state index < -0.39 is 5.82 Å². The molecule has 0 heterocycles. The lowest BCUT2D eigenvalue weighted by atomic mass is 10.1. The molecule has 0 radical (unpaired) electrons. The third-order valence-corrected chi connectivity index (χ3v) is 2.49. The first kappa shape index (κ1) is 14.2. The zero-order valence-electron chi connectivity index (χ0n) is 10.4.